The largest absolute Gasteiger partial charge is 0.384 e. The summed E-state index contributed by atoms with van der Waals surface area (Å²) >= 11 is 0. The Morgan fingerprint density at radius 1 is 1.08 bits per heavy atom. The number of piperidine rings is 1. The smallest absolute Gasteiger partial charge is 0.0376 e. The summed E-state index contributed by atoms with van der Waals surface area (Å²) < 4.78 is 0. The minimum atomic E-state index is 0.570. The lowest BCUT2D eigenvalue weighted by atomic mass is 9.89. The summed E-state index contributed by atoms with van der Waals surface area (Å²) in [5, 5.41) is 3.57. The van der Waals surface area contributed by atoms with Crippen LogP contribution in [-0.2, 0) is 13.0 Å². The number of benzene rings is 2. The molecule has 2 aliphatic heterocycles. The summed E-state index contributed by atoms with van der Waals surface area (Å²) in [6, 6.07) is 16.3. The van der Waals surface area contributed by atoms with Crippen LogP contribution in [-0.4, -0.2) is 18.0 Å². The highest BCUT2D eigenvalue weighted by Gasteiger charge is 2.27. The van der Waals surface area contributed by atoms with Crippen molar-refractivity contribution in [1.82, 2.24) is 4.90 Å². The van der Waals surface area contributed by atoms with Gasteiger partial charge < -0.3 is 5.32 Å². The average molecular weight is 335 g/mol. The van der Waals surface area contributed by atoms with Gasteiger partial charge >= 0.3 is 0 Å². The van der Waals surface area contributed by atoms with Crippen molar-refractivity contribution in [2.75, 3.05) is 18.4 Å². The first-order valence-corrected chi connectivity index (χ1v) is 9.91. The monoisotopic (exact) mass is 334 g/mol. The van der Waals surface area contributed by atoms with Gasteiger partial charge in [-0.1, -0.05) is 56.7 Å². The average Bonchev–Trinajstić information content (AvgIpc) is 3.12. The molecular formula is C23H30N2. The molecule has 2 heterocycles. The Morgan fingerprint density at radius 2 is 1.92 bits per heavy atom. The first kappa shape index (κ1) is 16.7. The Labute approximate surface area is 152 Å². The highest BCUT2D eigenvalue weighted by atomic mass is 15.2. The first-order chi connectivity index (χ1) is 12.2. The number of anilines is 1. The van der Waals surface area contributed by atoms with Crippen molar-refractivity contribution in [3.63, 3.8) is 0 Å². The first-order valence-electron chi connectivity index (χ1n) is 9.91. The zero-order valence-corrected chi connectivity index (χ0v) is 15.6. The van der Waals surface area contributed by atoms with Crippen LogP contribution >= 0.6 is 0 Å². The third kappa shape index (κ3) is 3.32. The Hall–Kier alpha value is -1.80. The van der Waals surface area contributed by atoms with Crippen LogP contribution in [0.1, 0.15) is 67.3 Å². The van der Waals surface area contributed by atoms with Gasteiger partial charge in [0.2, 0.25) is 0 Å². The molecule has 132 valence electrons. The molecule has 2 nitrogen and oxygen atoms in total. The second kappa shape index (κ2) is 7.21. The van der Waals surface area contributed by atoms with E-state index in [-0.39, 0.29) is 0 Å². The molecule has 0 spiro atoms. The second-order valence-corrected chi connectivity index (χ2v) is 7.88. The standard InChI is InChI=1S/C23H30N2/c1-17(2)19-11-12-22-20(13-14-24-22)21(19)16-25-15-7-6-10-23(25)18-8-4-3-5-9-18/h3-5,8-9,11-12,17,23-24H,6-7,10,13-16H2,1-2H3. The predicted octanol–water partition coefficient (Wildman–Crippen LogP) is 5.51. The fraction of sp³-hybridized carbons (Fsp3) is 0.478. The fourth-order valence-electron chi connectivity index (χ4n) is 4.65. The third-order valence-electron chi connectivity index (χ3n) is 5.94. The molecule has 4 rings (SSSR count). The molecule has 0 saturated carbocycles. The van der Waals surface area contributed by atoms with Crippen molar-refractivity contribution < 1.29 is 0 Å². The van der Waals surface area contributed by atoms with Gasteiger partial charge in [-0.3, -0.25) is 4.90 Å². The molecule has 2 heteroatoms. The molecule has 1 unspecified atom stereocenters. The SMILES string of the molecule is CC(C)c1ccc2c(c1CN1CCCCC1c1ccccc1)CCN2. The zero-order chi connectivity index (χ0) is 17.2. The normalized spacial score (nSPS) is 20.5. The van der Waals surface area contributed by atoms with Gasteiger partial charge in [-0.2, -0.15) is 0 Å². The summed E-state index contributed by atoms with van der Waals surface area (Å²) in [6.45, 7) is 8.06. The number of hydrogen-bond acceptors (Lipinski definition) is 2. The lowest BCUT2D eigenvalue weighted by molar-refractivity contribution is 0.139. The van der Waals surface area contributed by atoms with Gasteiger partial charge in [-0.15, -0.1) is 0 Å². The van der Waals surface area contributed by atoms with Crippen LogP contribution in [0.2, 0.25) is 0 Å². The van der Waals surface area contributed by atoms with Crippen molar-refractivity contribution in [2.24, 2.45) is 0 Å². The third-order valence-corrected chi connectivity index (χ3v) is 5.94. The van der Waals surface area contributed by atoms with Crippen LogP contribution in [0.15, 0.2) is 42.5 Å². The van der Waals surface area contributed by atoms with Crippen LogP contribution in [0.3, 0.4) is 0 Å². The molecule has 2 aliphatic rings. The van der Waals surface area contributed by atoms with E-state index in [0.717, 1.165) is 13.1 Å². The summed E-state index contributed by atoms with van der Waals surface area (Å²) in [5.74, 6) is 0.584. The molecule has 0 bridgehead atoms. The summed E-state index contributed by atoms with van der Waals surface area (Å²) in [7, 11) is 0. The zero-order valence-electron chi connectivity index (χ0n) is 15.6. The van der Waals surface area contributed by atoms with Crippen LogP contribution in [0.5, 0.6) is 0 Å². The molecule has 0 aromatic heterocycles. The molecule has 1 atom stereocenters. The molecule has 0 amide bonds. The molecule has 0 radical (unpaired) electrons. The maximum atomic E-state index is 3.57. The van der Waals surface area contributed by atoms with Gasteiger partial charge in [-0.05, 0) is 60.0 Å². The number of hydrogen-bond donors (Lipinski definition) is 1. The number of fused-ring (bicyclic) bond motifs is 1. The molecule has 2 aromatic rings. The van der Waals surface area contributed by atoms with Crippen LogP contribution in [0.4, 0.5) is 5.69 Å². The van der Waals surface area contributed by atoms with Crippen molar-refractivity contribution in [3.8, 4) is 0 Å². The lowest BCUT2D eigenvalue weighted by Gasteiger charge is -2.37. The van der Waals surface area contributed by atoms with Crippen molar-refractivity contribution >= 4 is 5.69 Å². The fourth-order valence-corrected chi connectivity index (χ4v) is 4.65. The van der Waals surface area contributed by atoms with E-state index in [0.29, 0.717) is 12.0 Å². The number of nitrogens with zero attached hydrogens (tertiary/aromatic N) is 1. The van der Waals surface area contributed by atoms with E-state index in [1.165, 1.54) is 43.5 Å². The van der Waals surface area contributed by atoms with E-state index >= 15 is 0 Å². The molecule has 0 aliphatic carbocycles. The Kier molecular flexibility index (Phi) is 4.80. The van der Waals surface area contributed by atoms with E-state index in [9.17, 15) is 0 Å². The van der Waals surface area contributed by atoms with Gasteiger partial charge in [0.15, 0.2) is 0 Å². The van der Waals surface area contributed by atoms with E-state index in [4.69, 9.17) is 0 Å². The highest BCUT2D eigenvalue weighted by Crippen LogP contribution is 2.37. The maximum absolute atomic E-state index is 3.57. The number of rotatable bonds is 4. The summed E-state index contributed by atoms with van der Waals surface area (Å²) in [5.41, 5.74) is 7.57. The minimum Gasteiger partial charge on any atom is -0.384 e. The number of nitrogens with one attached hydrogen (secondary N) is 1. The maximum Gasteiger partial charge on any atom is 0.0376 e. The Morgan fingerprint density at radius 3 is 2.72 bits per heavy atom. The summed E-state index contributed by atoms with van der Waals surface area (Å²) in [4.78, 5) is 2.73. The second-order valence-electron chi connectivity index (χ2n) is 7.88. The Balaban J connectivity index is 1.67. The van der Waals surface area contributed by atoms with Gasteiger partial charge in [0.05, 0.1) is 0 Å². The van der Waals surface area contributed by atoms with Crippen LogP contribution in [0, 0.1) is 0 Å². The van der Waals surface area contributed by atoms with E-state index in [2.05, 4.69) is 66.5 Å². The molecule has 2 aromatic carbocycles. The topological polar surface area (TPSA) is 15.3 Å². The quantitative estimate of drug-likeness (QED) is 0.793. The van der Waals surface area contributed by atoms with Gasteiger partial charge in [0, 0.05) is 24.8 Å². The van der Waals surface area contributed by atoms with Gasteiger partial charge in [0.1, 0.15) is 0 Å². The van der Waals surface area contributed by atoms with E-state index in [1.807, 2.05) is 0 Å². The van der Waals surface area contributed by atoms with Gasteiger partial charge in [0.25, 0.3) is 0 Å². The minimum absolute atomic E-state index is 0.570. The highest BCUT2D eigenvalue weighted by molar-refractivity contribution is 5.61. The molecule has 1 saturated heterocycles. The molecule has 1 N–H and O–H groups in total. The molecular weight excluding hydrogens is 304 g/mol. The van der Waals surface area contributed by atoms with E-state index in [1.54, 1.807) is 16.7 Å². The molecule has 25 heavy (non-hydrogen) atoms. The predicted molar refractivity (Wildman–Crippen MR) is 106 cm³/mol. The van der Waals surface area contributed by atoms with Crippen molar-refractivity contribution in [1.29, 1.82) is 0 Å². The van der Waals surface area contributed by atoms with Gasteiger partial charge in [-0.25, -0.2) is 0 Å². The van der Waals surface area contributed by atoms with Crippen LogP contribution in [0.25, 0.3) is 0 Å². The summed E-state index contributed by atoms with van der Waals surface area (Å²) in [6.07, 6.45) is 5.14. The lowest BCUT2D eigenvalue weighted by Crippen LogP contribution is -2.33. The molecule has 1 fully saturated rings. The van der Waals surface area contributed by atoms with Crippen molar-refractivity contribution in [3.05, 3.63) is 64.7 Å². The van der Waals surface area contributed by atoms with Crippen LogP contribution < -0.4 is 5.32 Å². The van der Waals surface area contributed by atoms with Crippen molar-refractivity contribution in [2.45, 2.75) is 58.0 Å². The Bertz CT molecular complexity index is 720. The van der Waals surface area contributed by atoms with E-state index < -0.39 is 0 Å². The number of likely N-dealkylation sites (tertiary alicyclic amines) is 1.